The van der Waals surface area contributed by atoms with Gasteiger partial charge in [0.1, 0.15) is 12.6 Å². The Kier molecular flexibility index (Phi) is 10.4. The molecule has 37 heavy (non-hydrogen) atoms. The highest BCUT2D eigenvalue weighted by molar-refractivity contribution is 7.92. The van der Waals surface area contributed by atoms with Gasteiger partial charge in [-0.2, -0.15) is 0 Å². The van der Waals surface area contributed by atoms with Crippen molar-refractivity contribution in [2.45, 2.75) is 57.7 Å². The fraction of sp³-hybridized carbons (Fsp3) is 0.440. The highest BCUT2D eigenvalue weighted by Gasteiger charge is 2.31. The smallest absolute Gasteiger partial charge is 0.244 e. The van der Waals surface area contributed by atoms with Gasteiger partial charge in [-0.05, 0) is 55.7 Å². The normalized spacial score (nSPS) is 15.2. The lowest BCUT2D eigenvalue weighted by atomic mass is 9.95. The van der Waals surface area contributed by atoms with Crippen molar-refractivity contribution in [2.75, 3.05) is 17.1 Å². The van der Waals surface area contributed by atoms with Gasteiger partial charge in [-0.3, -0.25) is 13.9 Å². The molecule has 1 atom stereocenters. The molecule has 0 aromatic heterocycles. The van der Waals surface area contributed by atoms with Crippen LogP contribution in [0.3, 0.4) is 0 Å². The molecule has 12 heteroatoms. The number of hydrogen-bond donors (Lipinski definition) is 1. The van der Waals surface area contributed by atoms with Crippen molar-refractivity contribution < 1.29 is 18.0 Å². The van der Waals surface area contributed by atoms with Crippen LogP contribution in [0.2, 0.25) is 20.1 Å². The Morgan fingerprint density at radius 1 is 0.946 bits per heavy atom. The van der Waals surface area contributed by atoms with Crippen LogP contribution in [0.15, 0.2) is 36.4 Å². The molecule has 1 aliphatic rings. The molecule has 1 saturated carbocycles. The van der Waals surface area contributed by atoms with Crippen molar-refractivity contribution in [3.63, 3.8) is 0 Å². The molecular weight excluding hydrogens is 580 g/mol. The van der Waals surface area contributed by atoms with E-state index in [1.165, 1.54) is 23.1 Å². The quantitative estimate of drug-likeness (QED) is 0.382. The van der Waals surface area contributed by atoms with Gasteiger partial charge in [0.2, 0.25) is 21.8 Å². The number of carbonyl (C=O) groups is 2. The molecule has 0 heterocycles. The van der Waals surface area contributed by atoms with Gasteiger partial charge in [0.25, 0.3) is 0 Å². The van der Waals surface area contributed by atoms with Crippen LogP contribution in [-0.4, -0.2) is 50.0 Å². The average Bonchev–Trinajstić information content (AvgIpc) is 2.84. The van der Waals surface area contributed by atoms with Crippen LogP contribution in [0.1, 0.15) is 44.6 Å². The van der Waals surface area contributed by atoms with Gasteiger partial charge >= 0.3 is 0 Å². The number of halogens is 4. The van der Waals surface area contributed by atoms with Gasteiger partial charge in [-0.25, -0.2) is 8.42 Å². The number of carbonyl (C=O) groups excluding carboxylic acids is 2. The molecule has 7 nitrogen and oxygen atoms in total. The van der Waals surface area contributed by atoms with E-state index < -0.39 is 28.5 Å². The maximum Gasteiger partial charge on any atom is 0.244 e. The summed E-state index contributed by atoms with van der Waals surface area (Å²) in [5.41, 5.74) is 0.819. The third-order valence-electron chi connectivity index (χ3n) is 6.33. The van der Waals surface area contributed by atoms with Crippen molar-refractivity contribution in [3.8, 4) is 0 Å². The first-order chi connectivity index (χ1) is 17.4. The Morgan fingerprint density at radius 2 is 1.54 bits per heavy atom. The predicted molar refractivity (Wildman–Crippen MR) is 150 cm³/mol. The molecule has 0 spiro atoms. The van der Waals surface area contributed by atoms with Crippen LogP contribution < -0.4 is 9.62 Å². The highest BCUT2D eigenvalue weighted by Crippen LogP contribution is 2.29. The number of amides is 2. The molecule has 0 saturated heterocycles. The van der Waals surface area contributed by atoms with Gasteiger partial charge in [0.05, 0.1) is 32.0 Å². The molecule has 2 aromatic carbocycles. The fourth-order valence-corrected chi connectivity index (χ4v) is 5.69. The lowest BCUT2D eigenvalue weighted by molar-refractivity contribution is -0.139. The van der Waals surface area contributed by atoms with Crippen molar-refractivity contribution in [1.29, 1.82) is 0 Å². The van der Waals surface area contributed by atoms with E-state index in [2.05, 4.69) is 5.32 Å². The molecular formula is C25H29Cl4N3O4S. The van der Waals surface area contributed by atoms with Crippen LogP contribution >= 0.6 is 46.4 Å². The topological polar surface area (TPSA) is 86.8 Å². The van der Waals surface area contributed by atoms with Crippen LogP contribution in [0, 0.1) is 0 Å². The van der Waals surface area contributed by atoms with E-state index in [1.54, 1.807) is 25.1 Å². The molecule has 2 aromatic rings. The molecule has 2 amide bonds. The lowest BCUT2D eigenvalue weighted by Gasteiger charge is -2.33. The molecule has 1 aliphatic carbocycles. The second-order valence-electron chi connectivity index (χ2n) is 9.16. The molecule has 0 radical (unpaired) electrons. The standard InChI is InChI=1S/C25H29Cl4N3O4S/c1-16(25(34)30-18-6-4-3-5-7-18)31(14-17-8-10-20(26)22(28)12-17)24(33)15-32(37(2,35)36)19-9-11-21(27)23(29)13-19/h8-13,16,18H,3-7,14-15H2,1-2H3,(H,30,34)/t16-/m1/s1. The summed E-state index contributed by atoms with van der Waals surface area (Å²) in [6.45, 7) is 1.10. The number of rotatable bonds is 9. The van der Waals surface area contributed by atoms with Crippen molar-refractivity contribution in [2.24, 2.45) is 0 Å². The number of hydrogen-bond acceptors (Lipinski definition) is 4. The first-order valence-electron chi connectivity index (χ1n) is 11.8. The number of nitrogens with zero attached hydrogens (tertiary/aromatic N) is 2. The fourth-order valence-electron chi connectivity index (χ4n) is 4.24. The minimum atomic E-state index is -3.88. The summed E-state index contributed by atoms with van der Waals surface area (Å²) in [5, 5.41) is 4.10. The third kappa shape index (κ3) is 8.14. The SMILES string of the molecule is C[C@H](C(=O)NC1CCCCC1)N(Cc1ccc(Cl)c(Cl)c1)C(=O)CN(c1ccc(Cl)c(Cl)c1)S(C)(=O)=O. The molecule has 0 bridgehead atoms. The van der Waals surface area contributed by atoms with E-state index in [0.29, 0.717) is 15.6 Å². The average molecular weight is 609 g/mol. The Labute approximate surface area is 238 Å². The monoisotopic (exact) mass is 607 g/mol. The van der Waals surface area contributed by atoms with Crippen molar-refractivity contribution in [1.82, 2.24) is 10.2 Å². The van der Waals surface area contributed by atoms with Gasteiger partial charge in [0.15, 0.2) is 0 Å². The maximum absolute atomic E-state index is 13.6. The van der Waals surface area contributed by atoms with E-state index in [9.17, 15) is 18.0 Å². The molecule has 3 rings (SSSR count). The van der Waals surface area contributed by atoms with Gasteiger partial charge < -0.3 is 10.2 Å². The van der Waals surface area contributed by atoms with Crippen LogP contribution in [0.5, 0.6) is 0 Å². The first-order valence-corrected chi connectivity index (χ1v) is 15.2. The molecule has 202 valence electrons. The van der Waals surface area contributed by atoms with Crippen LogP contribution in [0.4, 0.5) is 5.69 Å². The molecule has 1 fully saturated rings. The lowest BCUT2D eigenvalue weighted by Crippen LogP contribution is -2.52. The third-order valence-corrected chi connectivity index (χ3v) is 8.94. The molecule has 1 N–H and O–H groups in total. The summed E-state index contributed by atoms with van der Waals surface area (Å²) >= 11 is 24.3. The number of benzene rings is 2. The van der Waals surface area contributed by atoms with E-state index in [-0.39, 0.29) is 34.2 Å². The number of sulfonamides is 1. The molecule has 0 aliphatic heterocycles. The summed E-state index contributed by atoms with van der Waals surface area (Å²) in [6.07, 6.45) is 5.98. The largest absolute Gasteiger partial charge is 0.352 e. The Morgan fingerprint density at radius 3 is 2.11 bits per heavy atom. The minimum Gasteiger partial charge on any atom is -0.352 e. The number of nitrogens with one attached hydrogen (secondary N) is 1. The van der Waals surface area contributed by atoms with Gasteiger partial charge in [-0.15, -0.1) is 0 Å². The van der Waals surface area contributed by atoms with E-state index in [0.717, 1.165) is 42.7 Å². The second-order valence-corrected chi connectivity index (χ2v) is 12.7. The van der Waals surface area contributed by atoms with Gasteiger partial charge in [-0.1, -0.05) is 71.7 Å². The number of anilines is 1. The minimum absolute atomic E-state index is 0.0218. The summed E-state index contributed by atoms with van der Waals surface area (Å²) < 4.78 is 26.3. The van der Waals surface area contributed by atoms with Crippen molar-refractivity contribution >= 4 is 73.9 Å². The first kappa shape index (κ1) is 29.8. The molecule has 0 unspecified atom stereocenters. The Balaban J connectivity index is 1.90. The van der Waals surface area contributed by atoms with Crippen molar-refractivity contribution in [3.05, 3.63) is 62.1 Å². The zero-order valence-electron chi connectivity index (χ0n) is 20.5. The zero-order valence-corrected chi connectivity index (χ0v) is 24.4. The van der Waals surface area contributed by atoms with Crippen LogP contribution in [0.25, 0.3) is 0 Å². The summed E-state index contributed by atoms with van der Waals surface area (Å²) in [4.78, 5) is 28.2. The summed E-state index contributed by atoms with van der Waals surface area (Å²) in [5.74, 6) is -0.880. The maximum atomic E-state index is 13.6. The second kappa shape index (κ2) is 12.9. The summed E-state index contributed by atoms with van der Waals surface area (Å²) in [6, 6.07) is 8.39. The van der Waals surface area contributed by atoms with E-state index >= 15 is 0 Å². The Hall–Kier alpha value is -1.71. The van der Waals surface area contributed by atoms with Crippen LogP contribution in [-0.2, 0) is 26.2 Å². The Bertz CT molecular complexity index is 1250. The van der Waals surface area contributed by atoms with E-state index in [4.69, 9.17) is 46.4 Å². The van der Waals surface area contributed by atoms with E-state index in [1.807, 2.05) is 0 Å². The van der Waals surface area contributed by atoms with Gasteiger partial charge in [0, 0.05) is 12.6 Å². The highest BCUT2D eigenvalue weighted by atomic mass is 35.5. The zero-order chi connectivity index (χ0) is 27.3. The summed E-state index contributed by atoms with van der Waals surface area (Å²) in [7, 11) is -3.88. The predicted octanol–water partition coefficient (Wildman–Crippen LogP) is 5.93.